The molecule has 0 spiro atoms. The molecule has 18 heavy (non-hydrogen) atoms. The van der Waals surface area contributed by atoms with Crippen molar-refractivity contribution in [1.29, 1.82) is 0 Å². The minimum atomic E-state index is 0.123. The number of aromatic amines is 1. The molecule has 0 aliphatic rings. The van der Waals surface area contributed by atoms with Gasteiger partial charge >= 0.3 is 0 Å². The molecule has 0 atom stereocenters. The highest BCUT2D eigenvalue weighted by molar-refractivity contribution is 5.66. The molecule has 0 amide bonds. The van der Waals surface area contributed by atoms with Crippen molar-refractivity contribution in [2.45, 2.75) is 40.2 Å². The maximum absolute atomic E-state index is 12.2. The Hall–Kier alpha value is -1.77. The van der Waals surface area contributed by atoms with E-state index in [1.54, 1.807) is 4.68 Å². The van der Waals surface area contributed by atoms with Crippen LogP contribution >= 0.6 is 0 Å². The molecule has 2 aromatic rings. The lowest BCUT2D eigenvalue weighted by Gasteiger charge is -2.05. The summed E-state index contributed by atoms with van der Waals surface area (Å²) in [5.41, 5.74) is 4.35. The average molecular weight is 244 g/mol. The summed E-state index contributed by atoms with van der Waals surface area (Å²) in [4.78, 5) is 12.2. The van der Waals surface area contributed by atoms with Gasteiger partial charge in [0.05, 0.1) is 5.69 Å². The first kappa shape index (κ1) is 12.7. The fourth-order valence-electron chi connectivity index (χ4n) is 2.30. The van der Waals surface area contributed by atoms with Gasteiger partial charge in [0.2, 0.25) is 0 Å². The van der Waals surface area contributed by atoms with Gasteiger partial charge in [-0.05, 0) is 25.8 Å². The smallest absolute Gasteiger partial charge is 0.270 e. The molecule has 1 aromatic carbocycles. The SMILES string of the molecule is CCCc1c(-c2ccccc2C)[nH]n(CC)c1=O. The van der Waals surface area contributed by atoms with Crippen LogP contribution in [0.2, 0.25) is 0 Å². The zero-order valence-corrected chi connectivity index (χ0v) is 11.3. The summed E-state index contributed by atoms with van der Waals surface area (Å²) >= 11 is 0. The fourth-order valence-corrected chi connectivity index (χ4v) is 2.30. The molecule has 1 N–H and O–H groups in total. The molecular weight excluding hydrogens is 224 g/mol. The first-order valence-corrected chi connectivity index (χ1v) is 6.56. The molecule has 0 saturated heterocycles. The summed E-state index contributed by atoms with van der Waals surface area (Å²) in [5, 5.41) is 3.25. The molecule has 0 fully saturated rings. The van der Waals surface area contributed by atoms with Crippen LogP contribution < -0.4 is 5.56 Å². The Labute approximate surface area is 107 Å². The number of H-pyrrole nitrogens is 1. The Balaban J connectivity index is 2.63. The number of hydrogen-bond donors (Lipinski definition) is 1. The first-order valence-electron chi connectivity index (χ1n) is 6.56. The van der Waals surface area contributed by atoms with Gasteiger partial charge in [-0.1, -0.05) is 37.6 Å². The third kappa shape index (κ3) is 2.13. The summed E-state index contributed by atoms with van der Waals surface area (Å²) in [7, 11) is 0. The van der Waals surface area contributed by atoms with E-state index in [1.165, 1.54) is 5.56 Å². The molecule has 0 radical (unpaired) electrons. The molecule has 0 aliphatic heterocycles. The van der Waals surface area contributed by atoms with Crippen molar-refractivity contribution in [2.75, 3.05) is 0 Å². The van der Waals surface area contributed by atoms with E-state index >= 15 is 0 Å². The Kier molecular flexibility index (Phi) is 3.70. The number of rotatable bonds is 4. The number of nitrogens with zero attached hydrogens (tertiary/aromatic N) is 1. The largest absolute Gasteiger partial charge is 0.295 e. The number of nitrogens with one attached hydrogen (secondary N) is 1. The lowest BCUT2D eigenvalue weighted by molar-refractivity contribution is 0.638. The Morgan fingerprint density at radius 2 is 1.94 bits per heavy atom. The van der Waals surface area contributed by atoms with Crippen molar-refractivity contribution in [3.63, 3.8) is 0 Å². The Bertz CT molecular complexity index is 593. The van der Waals surface area contributed by atoms with E-state index in [1.807, 2.05) is 19.1 Å². The number of hydrogen-bond acceptors (Lipinski definition) is 1. The van der Waals surface area contributed by atoms with Crippen LogP contribution in [0.1, 0.15) is 31.4 Å². The second kappa shape index (κ2) is 5.25. The van der Waals surface area contributed by atoms with E-state index in [-0.39, 0.29) is 5.56 Å². The van der Waals surface area contributed by atoms with Crippen LogP contribution in [-0.4, -0.2) is 9.78 Å². The molecule has 0 bridgehead atoms. The summed E-state index contributed by atoms with van der Waals surface area (Å²) in [6.07, 6.45) is 1.81. The third-order valence-corrected chi connectivity index (χ3v) is 3.28. The zero-order chi connectivity index (χ0) is 13.1. The van der Waals surface area contributed by atoms with E-state index in [0.717, 1.165) is 29.7 Å². The second-order valence-electron chi connectivity index (χ2n) is 4.58. The molecule has 2 rings (SSSR count). The summed E-state index contributed by atoms with van der Waals surface area (Å²) in [6, 6.07) is 8.18. The zero-order valence-electron chi connectivity index (χ0n) is 11.3. The van der Waals surface area contributed by atoms with Gasteiger partial charge in [-0.3, -0.25) is 14.6 Å². The summed E-state index contributed by atoms with van der Waals surface area (Å²) in [6.45, 7) is 6.84. The van der Waals surface area contributed by atoms with Gasteiger partial charge in [0.1, 0.15) is 0 Å². The lowest BCUT2D eigenvalue weighted by atomic mass is 10.0. The predicted molar refractivity (Wildman–Crippen MR) is 74.9 cm³/mol. The standard InChI is InChI=1S/C15H20N2O/c1-4-8-13-14(16-17(5-2)15(13)18)12-10-7-6-9-11(12)3/h6-7,9-10,16H,4-5,8H2,1-3H3. The average Bonchev–Trinajstić information content (AvgIpc) is 2.68. The van der Waals surface area contributed by atoms with Crippen molar-refractivity contribution in [3.8, 4) is 11.3 Å². The Morgan fingerprint density at radius 3 is 2.56 bits per heavy atom. The van der Waals surface area contributed by atoms with Crippen molar-refractivity contribution in [1.82, 2.24) is 9.78 Å². The lowest BCUT2D eigenvalue weighted by Crippen LogP contribution is -2.17. The predicted octanol–water partition coefficient (Wildman–Crippen LogP) is 3.12. The molecular formula is C15H20N2O. The third-order valence-electron chi connectivity index (χ3n) is 3.28. The van der Waals surface area contributed by atoms with Crippen molar-refractivity contribution in [3.05, 3.63) is 45.7 Å². The Morgan fingerprint density at radius 1 is 1.22 bits per heavy atom. The van der Waals surface area contributed by atoms with Crippen molar-refractivity contribution >= 4 is 0 Å². The molecule has 3 heteroatoms. The van der Waals surface area contributed by atoms with Crippen LogP contribution in [0.25, 0.3) is 11.3 Å². The van der Waals surface area contributed by atoms with Gasteiger partial charge in [0.15, 0.2) is 0 Å². The second-order valence-corrected chi connectivity index (χ2v) is 4.58. The number of benzene rings is 1. The van der Waals surface area contributed by atoms with Crippen LogP contribution in [0, 0.1) is 6.92 Å². The van der Waals surface area contributed by atoms with E-state index in [2.05, 4.69) is 31.1 Å². The molecule has 0 unspecified atom stereocenters. The van der Waals surface area contributed by atoms with E-state index < -0.39 is 0 Å². The first-order chi connectivity index (χ1) is 8.69. The van der Waals surface area contributed by atoms with Crippen molar-refractivity contribution < 1.29 is 0 Å². The van der Waals surface area contributed by atoms with Gasteiger partial charge < -0.3 is 0 Å². The highest BCUT2D eigenvalue weighted by Crippen LogP contribution is 2.24. The van der Waals surface area contributed by atoms with Gasteiger partial charge in [-0.25, -0.2) is 0 Å². The molecule has 0 saturated carbocycles. The summed E-state index contributed by atoms with van der Waals surface area (Å²) < 4.78 is 1.69. The molecule has 1 aromatic heterocycles. The minimum Gasteiger partial charge on any atom is -0.295 e. The van der Waals surface area contributed by atoms with Crippen molar-refractivity contribution in [2.24, 2.45) is 0 Å². The maximum Gasteiger partial charge on any atom is 0.270 e. The van der Waals surface area contributed by atoms with Crippen LogP contribution in [0.3, 0.4) is 0 Å². The maximum atomic E-state index is 12.2. The molecule has 1 heterocycles. The number of aryl methyl sites for hydroxylation is 2. The van der Waals surface area contributed by atoms with Gasteiger partial charge in [-0.2, -0.15) is 0 Å². The summed E-state index contributed by atoms with van der Waals surface area (Å²) in [5.74, 6) is 0. The van der Waals surface area contributed by atoms with Crippen LogP contribution in [0.4, 0.5) is 0 Å². The van der Waals surface area contributed by atoms with Gasteiger partial charge in [-0.15, -0.1) is 0 Å². The molecule has 0 aliphatic carbocycles. The minimum absolute atomic E-state index is 0.123. The van der Waals surface area contributed by atoms with E-state index in [9.17, 15) is 4.79 Å². The topological polar surface area (TPSA) is 37.8 Å². The quantitative estimate of drug-likeness (QED) is 0.881. The van der Waals surface area contributed by atoms with E-state index in [0.29, 0.717) is 6.54 Å². The van der Waals surface area contributed by atoms with Crippen LogP contribution in [0.5, 0.6) is 0 Å². The monoisotopic (exact) mass is 244 g/mol. The number of aromatic nitrogens is 2. The fraction of sp³-hybridized carbons (Fsp3) is 0.400. The highest BCUT2D eigenvalue weighted by atomic mass is 16.1. The van der Waals surface area contributed by atoms with Crippen LogP contribution in [0.15, 0.2) is 29.1 Å². The molecule has 96 valence electrons. The van der Waals surface area contributed by atoms with E-state index in [4.69, 9.17) is 0 Å². The van der Waals surface area contributed by atoms with Gasteiger partial charge in [0, 0.05) is 17.7 Å². The molecule has 3 nitrogen and oxygen atoms in total. The van der Waals surface area contributed by atoms with Gasteiger partial charge in [0.25, 0.3) is 5.56 Å². The highest BCUT2D eigenvalue weighted by Gasteiger charge is 2.15. The van der Waals surface area contributed by atoms with Crippen LogP contribution in [-0.2, 0) is 13.0 Å². The normalized spacial score (nSPS) is 10.8.